The lowest BCUT2D eigenvalue weighted by Crippen LogP contribution is -2.28. The van der Waals surface area contributed by atoms with Gasteiger partial charge in [-0.05, 0) is 68.7 Å². The van der Waals surface area contributed by atoms with Crippen molar-refractivity contribution >= 4 is 15.9 Å². The SMILES string of the molecule is CNC(CCc1c(Br)cnn1CCN(C)C)C1CC1. The van der Waals surface area contributed by atoms with Crippen LogP contribution in [0.1, 0.15) is 25.0 Å². The summed E-state index contributed by atoms with van der Waals surface area (Å²) in [5.74, 6) is 0.905. The molecule has 1 N–H and O–H groups in total. The lowest BCUT2D eigenvalue weighted by atomic mass is 10.1. The summed E-state index contributed by atoms with van der Waals surface area (Å²) in [5, 5.41) is 7.94. The van der Waals surface area contributed by atoms with Crippen LogP contribution < -0.4 is 5.32 Å². The van der Waals surface area contributed by atoms with Crippen LogP contribution in [0.4, 0.5) is 0 Å². The van der Waals surface area contributed by atoms with Gasteiger partial charge in [0.15, 0.2) is 0 Å². The smallest absolute Gasteiger partial charge is 0.0635 e. The third-order valence-electron chi connectivity index (χ3n) is 3.91. The molecule has 1 atom stereocenters. The second-order valence-electron chi connectivity index (χ2n) is 5.74. The highest BCUT2D eigenvalue weighted by molar-refractivity contribution is 9.10. The highest BCUT2D eigenvalue weighted by Gasteiger charge is 2.30. The van der Waals surface area contributed by atoms with Gasteiger partial charge in [0.25, 0.3) is 0 Å². The van der Waals surface area contributed by atoms with E-state index in [1.165, 1.54) is 25.0 Å². The third kappa shape index (κ3) is 4.29. The number of nitrogens with zero attached hydrogens (tertiary/aromatic N) is 3. The van der Waals surface area contributed by atoms with Crippen molar-refractivity contribution in [3.63, 3.8) is 0 Å². The van der Waals surface area contributed by atoms with Crippen molar-refractivity contribution in [2.24, 2.45) is 5.92 Å². The minimum Gasteiger partial charge on any atom is -0.317 e. The molecule has 1 aromatic rings. The molecular formula is C14H25BrN4. The Morgan fingerprint density at radius 1 is 1.53 bits per heavy atom. The maximum absolute atomic E-state index is 4.47. The number of likely N-dealkylation sites (N-methyl/N-ethyl adjacent to an activating group) is 1. The van der Waals surface area contributed by atoms with E-state index in [2.05, 4.69) is 57.1 Å². The van der Waals surface area contributed by atoms with Gasteiger partial charge in [0, 0.05) is 12.6 Å². The Balaban J connectivity index is 1.92. The Hall–Kier alpha value is -0.390. The topological polar surface area (TPSA) is 33.1 Å². The van der Waals surface area contributed by atoms with Crippen LogP contribution in [-0.4, -0.2) is 48.4 Å². The summed E-state index contributed by atoms with van der Waals surface area (Å²) in [5.41, 5.74) is 1.34. The van der Waals surface area contributed by atoms with E-state index < -0.39 is 0 Å². The van der Waals surface area contributed by atoms with E-state index in [-0.39, 0.29) is 0 Å². The summed E-state index contributed by atoms with van der Waals surface area (Å²) in [6.45, 7) is 1.99. The van der Waals surface area contributed by atoms with Gasteiger partial charge in [0.05, 0.1) is 22.9 Å². The summed E-state index contributed by atoms with van der Waals surface area (Å²) in [6, 6.07) is 0.670. The number of hydrogen-bond donors (Lipinski definition) is 1. The summed E-state index contributed by atoms with van der Waals surface area (Å²) < 4.78 is 3.29. The predicted octanol–water partition coefficient (Wildman–Crippen LogP) is 2.14. The fourth-order valence-electron chi connectivity index (χ4n) is 2.53. The zero-order valence-corrected chi connectivity index (χ0v) is 13.8. The van der Waals surface area contributed by atoms with E-state index in [9.17, 15) is 0 Å². The fraction of sp³-hybridized carbons (Fsp3) is 0.786. The van der Waals surface area contributed by atoms with Crippen LogP contribution in [-0.2, 0) is 13.0 Å². The van der Waals surface area contributed by atoms with Crippen LogP contribution in [0.2, 0.25) is 0 Å². The lowest BCUT2D eigenvalue weighted by Gasteiger charge is -2.16. The molecule has 1 heterocycles. The minimum atomic E-state index is 0.670. The van der Waals surface area contributed by atoms with Crippen molar-refractivity contribution in [2.75, 3.05) is 27.7 Å². The molecule has 0 aromatic carbocycles. The van der Waals surface area contributed by atoms with Gasteiger partial charge in [-0.2, -0.15) is 5.10 Å². The van der Waals surface area contributed by atoms with E-state index in [1.54, 1.807) is 0 Å². The molecule has 19 heavy (non-hydrogen) atoms. The molecule has 0 amide bonds. The molecule has 0 bridgehead atoms. The first-order valence-corrected chi connectivity index (χ1v) is 7.93. The van der Waals surface area contributed by atoms with Crippen LogP contribution in [0.15, 0.2) is 10.7 Å². The van der Waals surface area contributed by atoms with Crippen molar-refractivity contribution in [3.8, 4) is 0 Å². The molecule has 0 spiro atoms. The van der Waals surface area contributed by atoms with Gasteiger partial charge in [-0.3, -0.25) is 4.68 Å². The zero-order chi connectivity index (χ0) is 13.8. The fourth-order valence-corrected chi connectivity index (χ4v) is 3.02. The van der Waals surface area contributed by atoms with Crippen LogP contribution in [0.25, 0.3) is 0 Å². The highest BCUT2D eigenvalue weighted by Crippen LogP contribution is 2.34. The van der Waals surface area contributed by atoms with Crippen molar-refractivity contribution in [1.29, 1.82) is 0 Å². The first kappa shape index (κ1) is 15.0. The molecule has 1 saturated carbocycles. The molecule has 1 fully saturated rings. The number of aromatic nitrogens is 2. The molecule has 108 valence electrons. The van der Waals surface area contributed by atoms with Crippen molar-refractivity contribution < 1.29 is 0 Å². The second kappa shape index (κ2) is 6.86. The van der Waals surface area contributed by atoms with Gasteiger partial charge in [0.2, 0.25) is 0 Å². The standard InChI is InChI=1S/C14H25BrN4/c1-16-13(11-4-5-11)6-7-14-12(15)10-17-19(14)9-8-18(2)3/h10-11,13,16H,4-9H2,1-3H3. The number of nitrogens with one attached hydrogen (secondary N) is 1. The van der Waals surface area contributed by atoms with E-state index >= 15 is 0 Å². The average molecular weight is 329 g/mol. The van der Waals surface area contributed by atoms with E-state index in [0.717, 1.165) is 29.9 Å². The Kier molecular flexibility index (Phi) is 5.42. The third-order valence-corrected chi connectivity index (χ3v) is 4.57. The van der Waals surface area contributed by atoms with Gasteiger partial charge >= 0.3 is 0 Å². The Bertz CT molecular complexity index is 398. The molecule has 4 nitrogen and oxygen atoms in total. The molecule has 0 radical (unpaired) electrons. The normalized spacial score (nSPS) is 17.1. The molecule has 1 aliphatic carbocycles. The van der Waals surface area contributed by atoms with Crippen LogP contribution >= 0.6 is 15.9 Å². The Morgan fingerprint density at radius 3 is 2.84 bits per heavy atom. The monoisotopic (exact) mass is 328 g/mol. The molecule has 1 aromatic heterocycles. The molecule has 0 aliphatic heterocycles. The van der Waals surface area contributed by atoms with Crippen LogP contribution in [0, 0.1) is 5.92 Å². The van der Waals surface area contributed by atoms with Gasteiger partial charge < -0.3 is 10.2 Å². The zero-order valence-electron chi connectivity index (χ0n) is 12.2. The quantitative estimate of drug-likeness (QED) is 0.793. The number of hydrogen-bond acceptors (Lipinski definition) is 3. The average Bonchev–Trinajstić information content (AvgIpc) is 3.14. The second-order valence-corrected chi connectivity index (χ2v) is 6.59. The molecule has 2 rings (SSSR count). The largest absolute Gasteiger partial charge is 0.317 e. The summed E-state index contributed by atoms with van der Waals surface area (Å²) in [7, 11) is 6.28. The van der Waals surface area contributed by atoms with Crippen molar-refractivity contribution in [1.82, 2.24) is 20.0 Å². The van der Waals surface area contributed by atoms with Crippen LogP contribution in [0.5, 0.6) is 0 Å². The first-order valence-electron chi connectivity index (χ1n) is 7.14. The lowest BCUT2D eigenvalue weighted by molar-refractivity contribution is 0.367. The van der Waals surface area contributed by atoms with Gasteiger partial charge in [-0.1, -0.05) is 0 Å². The number of rotatable bonds is 8. The Morgan fingerprint density at radius 2 is 2.26 bits per heavy atom. The number of halogens is 1. The molecule has 1 aliphatic rings. The molecule has 0 saturated heterocycles. The van der Waals surface area contributed by atoms with Crippen molar-refractivity contribution in [2.45, 2.75) is 38.3 Å². The maximum Gasteiger partial charge on any atom is 0.0635 e. The first-order chi connectivity index (χ1) is 9.11. The molecular weight excluding hydrogens is 304 g/mol. The Labute approximate surface area is 124 Å². The van der Waals surface area contributed by atoms with Crippen molar-refractivity contribution in [3.05, 3.63) is 16.4 Å². The van der Waals surface area contributed by atoms with Gasteiger partial charge in [0.1, 0.15) is 0 Å². The summed E-state index contributed by atoms with van der Waals surface area (Å²) in [4.78, 5) is 2.19. The van der Waals surface area contributed by atoms with E-state index in [4.69, 9.17) is 0 Å². The summed E-state index contributed by atoms with van der Waals surface area (Å²) in [6.07, 6.45) is 7.01. The molecule has 5 heteroatoms. The highest BCUT2D eigenvalue weighted by atomic mass is 79.9. The molecule has 1 unspecified atom stereocenters. The van der Waals surface area contributed by atoms with E-state index in [1.807, 2.05) is 6.20 Å². The maximum atomic E-state index is 4.47. The predicted molar refractivity (Wildman–Crippen MR) is 82.4 cm³/mol. The van der Waals surface area contributed by atoms with Gasteiger partial charge in [-0.15, -0.1) is 0 Å². The van der Waals surface area contributed by atoms with E-state index in [0.29, 0.717) is 6.04 Å². The van der Waals surface area contributed by atoms with Gasteiger partial charge in [-0.25, -0.2) is 0 Å². The van der Waals surface area contributed by atoms with Crippen LogP contribution in [0.3, 0.4) is 0 Å². The summed E-state index contributed by atoms with van der Waals surface area (Å²) >= 11 is 3.63. The minimum absolute atomic E-state index is 0.670.